The molecule has 0 saturated heterocycles. The summed E-state index contributed by atoms with van der Waals surface area (Å²) in [4.78, 5) is 12.5. The van der Waals surface area contributed by atoms with Gasteiger partial charge >= 0.3 is 0 Å². The maximum absolute atomic E-state index is 12.5. The molecule has 0 aliphatic rings. The van der Waals surface area contributed by atoms with Gasteiger partial charge in [-0.1, -0.05) is 38.3 Å². The number of carbonyl (C=O) groups excluding carboxylic acids is 1. The highest BCUT2D eigenvalue weighted by Gasteiger charge is 2.11. The van der Waals surface area contributed by atoms with Crippen molar-refractivity contribution in [2.75, 3.05) is 11.9 Å². The standard InChI is InChI=1S/C21H26BrNO2/c1-4-5-6-7-13-25-20-12-11-17(14-18(20)22)21(24)23-19-10-8-9-15(2)16(19)3/h8-12,14H,4-7,13H2,1-3H3,(H,23,24). The molecular formula is C21H26BrNO2. The lowest BCUT2D eigenvalue weighted by Crippen LogP contribution is -2.13. The minimum atomic E-state index is -0.121. The number of aryl methyl sites for hydroxylation is 1. The van der Waals surface area contributed by atoms with Crippen LogP contribution in [-0.2, 0) is 0 Å². The summed E-state index contributed by atoms with van der Waals surface area (Å²) in [5.41, 5.74) is 3.69. The van der Waals surface area contributed by atoms with E-state index < -0.39 is 0 Å². The summed E-state index contributed by atoms with van der Waals surface area (Å²) in [6.07, 6.45) is 4.69. The van der Waals surface area contributed by atoms with Gasteiger partial charge in [0.2, 0.25) is 0 Å². The van der Waals surface area contributed by atoms with Crippen molar-refractivity contribution in [3.63, 3.8) is 0 Å². The molecule has 0 heterocycles. The van der Waals surface area contributed by atoms with Crippen molar-refractivity contribution < 1.29 is 9.53 Å². The lowest BCUT2D eigenvalue weighted by Gasteiger charge is -2.12. The van der Waals surface area contributed by atoms with Crippen molar-refractivity contribution in [2.45, 2.75) is 46.5 Å². The van der Waals surface area contributed by atoms with Gasteiger partial charge in [0.05, 0.1) is 11.1 Å². The van der Waals surface area contributed by atoms with Gasteiger partial charge in [-0.3, -0.25) is 4.79 Å². The number of benzene rings is 2. The van der Waals surface area contributed by atoms with Gasteiger partial charge in [-0.05, 0) is 71.6 Å². The molecule has 0 saturated carbocycles. The molecule has 0 fully saturated rings. The normalized spacial score (nSPS) is 10.6. The Hall–Kier alpha value is -1.81. The molecule has 4 heteroatoms. The zero-order valence-electron chi connectivity index (χ0n) is 15.2. The van der Waals surface area contributed by atoms with Crippen LogP contribution in [-0.4, -0.2) is 12.5 Å². The highest BCUT2D eigenvalue weighted by Crippen LogP contribution is 2.27. The van der Waals surface area contributed by atoms with Gasteiger partial charge in [0.1, 0.15) is 5.75 Å². The molecule has 0 unspecified atom stereocenters. The molecule has 0 aromatic heterocycles. The lowest BCUT2D eigenvalue weighted by molar-refractivity contribution is 0.102. The number of unbranched alkanes of at least 4 members (excludes halogenated alkanes) is 3. The van der Waals surface area contributed by atoms with E-state index in [4.69, 9.17) is 4.74 Å². The average Bonchev–Trinajstić information content (AvgIpc) is 2.60. The average molecular weight is 404 g/mol. The van der Waals surface area contributed by atoms with Crippen LogP contribution in [0.2, 0.25) is 0 Å². The van der Waals surface area contributed by atoms with E-state index in [2.05, 4.69) is 28.2 Å². The van der Waals surface area contributed by atoms with Gasteiger partial charge in [0, 0.05) is 11.3 Å². The molecule has 0 aliphatic carbocycles. The first-order chi connectivity index (χ1) is 12.0. The van der Waals surface area contributed by atoms with Gasteiger partial charge in [-0.25, -0.2) is 0 Å². The molecule has 3 nitrogen and oxygen atoms in total. The second kappa shape index (κ2) is 9.62. The van der Waals surface area contributed by atoms with Gasteiger partial charge in [-0.2, -0.15) is 0 Å². The zero-order chi connectivity index (χ0) is 18.2. The molecule has 134 valence electrons. The largest absolute Gasteiger partial charge is 0.492 e. The van der Waals surface area contributed by atoms with E-state index in [-0.39, 0.29) is 5.91 Å². The molecule has 0 atom stereocenters. The number of rotatable bonds is 8. The minimum Gasteiger partial charge on any atom is -0.492 e. The Balaban J connectivity index is 1.99. The number of nitrogens with one attached hydrogen (secondary N) is 1. The molecule has 0 spiro atoms. The predicted molar refractivity (Wildman–Crippen MR) is 108 cm³/mol. The van der Waals surface area contributed by atoms with Crippen LogP contribution in [0.3, 0.4) is 0 Å². The number of hydrogen-bond donors (Lipinski definition) is 1. The van der Waals surface area contributed by atoms with Gasteiger partial charge < -0.3 is 10.1 Å². The van der Waals surface area contributed by atoms with E-state index in [1.165, 1.54) is 19.3 Å². The quantitative estimate of drug-likeness (QED) is 0.526. The Morgan fingerprint density at radius 1 is 1.12 bits per heavy atom. The van der Waals surface area contributed by atoms with Gasteiger partial charge in [0.15, 0.2) is 0 Å². The molecule has 0 aliphatic heterocycles. The molecule has 2 rings (SSSR count). The minimum absolute atomic E-state index is 0.121. The van der Waals surface area contributed by atoms with Crippen LogP contribution in [0, 0.1) is 13.8 Å². The third kappa shape index (κ3) is 5.60. The van der Waals surface area contributed by atoms with E-state index >= 15 is 0 Å². The summed E-state index contributed by atoms with van der Waals surface area (Å²) in [6.45, 7) is 6.94. The molecular weight excluding hydrogens is 378 g/mol. The van der Waals surface area contributed by atoms with E-state index in [1.54, 1.807) is 6.07 Å². The maximum atomic E-state index is 12.5. The predicted octanol–water partition coefficient (Wildman–Crippen LogP) is 6.28. The molecule has 2 aromatic carbocycles. The third-order valence-corrected chi connectivity index (χ3v) is 4.92. The summed E-state index contributed by atoms with van der Waals surface area (Å²) in [6, 6.07) is 11.4. The van der Waals surface area contributed by atoms with Gasteiger partial charge in [-0.15, -0.1) is 0 Å². The Morgan fingerprint density at radius 3 is 2.64 bits per heavy atom. The fraction of sp³-hybridized carbons (Fsp3) is 0.381. The number of halogens is 1. The maximum Gasteiger partial charge on any atom is 0.255 e. The fourth-order valence-corrected chi connectivity index (χ4v) is 3.04. The second-order valence-electron chi connectivity index (χ2n) is 6.26. The first-order valence-corrected chi connectivity index (χ1v) is 9.62. The van der Waals surface area contributed by atoms with E-state index in [0.29, 0.717) is 12.2 Å². The van der Waals surface area contributed by atoms with Crippen LogP contribution in [0.1, 0.15) is 54.1 Å². The Kier molecular flexibility index (Phi) is 7.51. The fourth-order valence-electron chi connectivity index (χ4n) is 2.55. The van der Waals surface area contributed by atoms with E-state index in [1.807, 2.05) is 44.2 Å². The van der Waals surface area contributed by atoms with E-state index in [9.17, 15) is 4.79 Å². The molecule has 25 heavy (non-hydrogen) atoms. The van der Waals surface area contributed by atoms with Crippen molar-refractivity contribution in [3.05, 3.63) is 57.6 Å². The third-order valence-electron chi connectivity index (χ3n) is 4.30. The van der Waals surface area contributed by atoms with Crippen molar-refractivity contribution in [2.24, 2.45) is 0 Å². The second-order valence-corrected chi connectivity index (χ2v) is 7.11. The number of hydrogen-bond acceptors (Lipinski definition) is 2. The van der Waals surface area contributed by atoms with Crippen LogP contribution in [0.25, 0.3) is 0 Å². The molecule has 0 radical (unpaired) electrons. The summed E-state index contributed by atoms with van der Waals surface area (Å²) in [5.74, 6) is 0.656. The van der Waals surface area contributed by atoms with Crippen LogP contribution >= 0.6 is 15.9 Å². The zero-order valence-corrected chi connectivity index (χ0v) is 16.8. The van der Waals surface area contributed by atoms with Crippen LogP contribution in [0.5, 0.6) is 5.75 Å². The molecule has 2 aromatic rings. The van der Waals surface area contributed by atoms with Crippen molar-refractivity contribution in [3.8, 4) is 5.75 Å². The topological polar surface area (TPSA) is 38.3 Å². The first-order valence-electron chi connectivity index (χ1n) is 8.83. The van der Waals surface area contributed by atoms with Crippen molar-refractivity contribution in [1.29, 1.82) is 0 Å². The monoisotopic (exact) mass is 403 g/mol. The van der Waals surface area contributed by atoms with Gasteiger partial charge in [0.25, 0.3) is 5.91 Å². The Bertz CT molecular complexity index is 728. The van der Waals surface area contributed by atoms with Crippen molar-refractivity contribution >= 4 is 27.5 Å². The van der Waals surface area contributed by atoms with Crippen LogP contribution in [0.4, 0.5) is 5.69 Å². The van der Waals surface area contributed by atoms with Crippen LogP contribution < -0.4 is 10.1 Å². The number of anilines is 1. The Morgan fingerprint density at radius 2 is 1.92 bits per heavy atom. The summed E-state index contributed by atoms with van der Waals surface area (Å²) in [5, 5.41) is 2.98. The highest BCUT2D eigenvalue weighted by atomic mass is 79.9. The molecule has 0 bridgehead atoms. The number of ether oxygens (including phenoxy) is 1. The van der Waals surface area contributed by atoms with Crippen LogP contribution in [0.15, 0.2) is 40.9 Å². The number of carbonyl (C=O) groups is 1. The molecule has 1 amide bonds. The summed E-state index contributed by atoms with van der Waals surface area (Å²) < 4.78 is 6.60. The molecule has 1 N–H and O–H groups in total. The SMILES string of the molecule is CCCCCCOc1ccc(C(=O)Nc2cccc(C)c2C)cc1Br. The Labute approximate surface area is 158 Å². The highest BCUT2D eigenvalue weighted by molar-refractivity contribution is 9.10. The first kappa shape index (κ1) is 19.5. The smallest absolute Gasteiger partial charge is 0.255 e. The summed E-state index contributed by atoms with van der Waals surface area (Å²) in [7, 11) is 0. The number of amides is 1. The summed E-state index contributed by atoms with van der Waals surface area (Å²) >= 11 is 3.50. The lowest BCUT2D eigenvalue weighted by atomic mass is 10.1. The van der Waals surface area contributed by atoms with Crippen molar-refractivity contribution in [1.82, 2.24) is 0 Å². The van der Waals surface area contributed by atoms with E-state index in [0.717, 1.165) is 33.5 Å².